The summed E-state index contributed by atoms with van der Waals surface area (Å²) in [5, 5.41) is 8.64. The van der Waals surface area contributed by atoms with E-state index in [1.165, 1.54) is 12.1 Å². The molecule has 1 heterocycles. The van der Waals surface area contributed by atoms with Crippen LogP contribution >= 0.6 is 11.6 Å². The third kappa shape index (κ3) is 4.15. The average Bonchev–Trinajstić information content (AvgIpc) is 2.45. The van der Waals surface area contributed by atoms with Gasteiger partial charge >= 0.3 is 5.97 Å². The minimum Gasteiger partial charge on any atom is -0.480 e. The van der Waals surface area contributed by atoms with Crippen LogP contribution in [0.5, 0.6) is 0 Å². The molecular weight excluding hydrogens is 301 g/mol. The monoisotopic (exact) mass is 315 g/mol. The van der Waals surface area contributed by atoms with Gasteiger partial charge in [0.1, 0.15) is 12.4 Å². The molecule has 114 valence electrons. The highest BCUT2D eigenvalue weighted by molar-refractivity contribution is 6.33. The first kappa shape index (κ1) is 15.7. The van der Waals surface area contributed by atoms with Crippen molar-refractivity contribution < 1.29 is 23.8 Å². The van der Waals surface area contributed by atoms with Crippen molar-refractivity contribution in [1.29, 1.82) is 0 Å². The number of carbonyl (C=O) groups is 2. The summed E-state index contributed by atoms with van der Waals surface area (Å²) in [5.41, 5.74) is 0.267. The predicted octanol–water partition coefficient (Wildman–Crippen LogP) is 2.18. The Bertz CT molecular complexity index is 544. The summed E-state index contributed by atoms with van der Waals surface area (Å²) in [6.45, 7) is 0.579. The van der Waals surface area contributed by atoms with Crippen LogP contribution in [0.4, 0.5) is 4.39 Å². The SMILES string of the molecule is O=C(O)COC1CCN(C(=O)c2ccc(F)cc2Cl)CC1. The largest absolute Gasteiger partial charge is 0.480 e. The number of hydrogen-bond acceptors (Lipinski definition) is 3. The molecule has 0 radical (unpaired) electrons. The molecule has 1 aliphatic rings. The molecule has 21 heavy (non-hydrogen) atoms. The lowest BCUT2D eigenvalue weighted by atomic mass is 10.1. The van der Waals surface area contributed by atoms with Crippen LogP contribution in [0.15, 0.2) is 18.2 Å². The molecule has 0 bridgehead atoms. The average molecular weight is 316 g/mol. The highest BCUT2D eigenvalue weighted by Gasteiger charge is 2.25. The number of amides is 1. The summed E-state index contributed by atoms with van der Waals surface area (Å²) in [6.07, 6.45) is 0.976. The minimum atomic E-state index is -1.01. The fraction of sp³-hybridized carbons (Fsp3) is 0.429. The van der Waals surface area contributed by atoms with Crippen LogP contribution in [0.1, 0.15) is 23.2 Å². The van der Waals surface area contributed by atoms with Crippen LogP contribution in [-0.4, -0.2) is 47.7 Å². The smallest absolute Gasteiger partial charge is 0.329 e. The third-order valence-electron chi connectivity index (χ3n) is 3.33. The molecule has 0 aromatic heterocycles. The van der Waals surface area contributed by atoms with Crippen molar-refractivity contribution in [2.24, 2.45) is 0 Å². The number of hydrogen-bond donors (Lipinski definition) is 1. The van der Waals surface area contributed by atoms with Crippen LogP contribution in [0, 0.1) is 5.82 Å². The molecule has 1 aromatic rings. The van der Waals surface area contributed by atoms with Crippen molar-refractivity contribution in [2.45, 2.75) is 18.9 Å². The number of rotatable bonds is 4. The number of piperidine rings is 1. The Morgan fingerprint density at radius 1 is 1.38 bits per heavy atom. The Morgan fingerprint density at radius 2 is 2.05 bits per heavy atom. The van der Waals surface area contributed by atoms with Crippen molar-refractivity contribution in [1.82, 2.24) is 4.90 Å². The topological polar surface area (TPSA) is 66.8 Å². The van der Waals surface area contributed by atoms with E-state index in [9.17, 15) is 14.0 Å². The number of likely N-dealkylation sites (tertiary alicyclic amines) is 1. The van der Waals surface area contributed by atoms with E-state index in [0.717, 1.165) is 6.07 Å². The zero-order valence-electron chi connectivity index (χ0n) is 11.2. The van der Waals surface area contributed by atoms with Gasteiger partial charge in [-0.25, -0.2) is 9.18 Å². The summed E-state index contributed by atoms with van der Waals surface area (Å²) in [7, 11) is 0. The minimum absolute atomic E-state index is 0.0873. The van der Waals surface area contributed by atoms with E-state index < -0.39 is 11.8 Å². The number of benzene rings is 1. The summed E-state index contributed by atoms with van der Waals surface area (Å²) < 4.78 is 18.2. The number of nitrogens with zero attached hydrogens (tertiary/aromatic N) is 1. The predicted molar refractivity (Wildman–Crippen MR) is 73.9 cm³/mol. The van der Waals surface area contributed by atoms with Gasteiger partial charge in [0, 0.05) is 13.1 Å². The highest BCUT2D eigenvalue weighted by atomic mass is 35.5. The molecule has 1 amide bonds. The number of aliphatic carboxylic acids is 1. The molecule has 5 nitrogen and oxygen atoms in total. The van der Waals surface area contributed by atoms with Gasteiger partial charge in [-0.05, 0) is 31.0 Å². The van der Waals surface area contributed by atoms with Gasteiger partial charge in [0.15, 0.2) is 0 Å². The molecule has 0 saturated carbocycles. The van der Waals surface area contributed by atoms with Crippen LogP contribution in [0.25, 0.3) is 0 Å². The maximum Gasteiger partial charge on any atom is 0.329 e. The lowest BCUT2D eigenvalue weighted by Gasteiger charge is -2.31. The van der Waals surface area contributed by atoms with Crippen molar-refractivity contribution in [3.63, 3.8) is 0 Å². The number of carbonyl (C=O) groups excluding carboxylic acids is 1. The number of ether oxygens (including phenoxy) is 1. The first-order valence-corrected chi connectivity index (χ1v) is 6.93. The van der Waals surface area contributed by atoms with Crippen LogP contribution < -0.4 is 0 Å². The maximum atomic E-state index is 13.0. The summed E-state index contributed by atoms with van der Waals surface area (Å²) in [5.74, 6) is -1.75. The van der Waals surface area contributed by atoms with Gasteiger partial charge in [-0.2, -0.15) is 0 Å². The van der Waals surface area contributed by atoms with E-state index in [-0.39, 0.29) is 29.2 Å². The molecule has 1 N–H and O–H groups in total. The van der Waals surface area contributed by atoms with E-state index >= 15 is 0 Å². The first-order valence-electron chi connectivity index (χ1n) is 6.55. The Hall–Kier alpha value is -1.66. The first-order chi connectivity index (χ1) is 9.97. The molecule has 1 aromatic carbocycles. The van der Waals surface area contributed by atoms with Crippen molar-refractivity contribution >= 4 is 23.5 Å². The molecule has 0 unspecified atom stereocenters. The van der Waals surface area contributed by atoms with Crippen molar-refractivity contribution in [2.75, 3.05) is 19.7 Å². The summed E-state index contributed by atoms with van der Waals surface area (Å²) in [4.78, 5) is 24.3. The van der Waals surface area contributed by atoms with Crippen LogP contribution in [-0.2, 0) is 9.53 Å². The zero-order chi connectivity index (χ0) is 15.4. The molecule has 1 fully saturated rings. The maximum absolute atomic E-state index is 13.0. The zero-order valence-corrected chi connectivity index (χ0v) is 12.0. The number of carboxylic acid groups (broad SMARTS) is 1. The van der Waals surface area contributed by atoms with E-state index in [1.54, 1.807) is 4.90 Å². The quantitative estimate of drug-likeness (QED) is 0.925. The molecule has 0 aliphatic carbocycles. The molecular formula is C14H15ClFNO4. The van der Waals surface area contributed by atoms with E-state index in [4.69, 9.17) is 21.4 Å². The van der Waals surface area contributed by atoms with Crippen LogP contribution in [0.3, 0.4) is 0 Å². The van der Waals surface area contributed by atoms with Crippen molar-refractivity contribution in [3.8, 4) is 0 Å². The second kappa shape index (κ2) is 6.87. The van der Waals surface area contributed by atoms with Gasteiger partial charge in [0.05, 0.1) is 16.7 Å². The van der Waals surface area contributed by atoms with Crippen molar-refractivity contribution in [3.05, 3.63) is 34.6 Å². The molecule has 2 rings (SSSR count). The summed E-state index contributed by atoms with van der Waals surface area (Å²) >= 11 is 5.88. The number of halogens is 2. The lowest BCUT2D eigenvalue weighted by molar-refractivity contribution is -0.145. The van der Waals surface area contributed by atoms with Gasteiger partial charge in [-0.3, -0.25) is 4.79 Å². The summed E-state index contributed by atoms with van der Waals surface area (Å²) in [6, 6.07) is 3.67. The van der Waals surface area contributed by atoms with Gasteiger partial charge in [0.25, 0.3) is 5.91 Å². The van der Waals surface area contributed by atoms with Gasteiger partial charge in [-0.15, -0.1) is 0 Å². The fourth-order valence-electron chi connectivity index (χ4n) is 2.25. The highest BCUT2D eigenvalue weighted by Crippen LogP contribution is 2.22. The Balaban J connectivity index is 1.92. The van der Waals surface area contributed by atoms with Crippen LogP contribution in [0.2, 0.25) is 5.02 Å². The second-order valence-electron chi connectivity index (χ2n) is 4.82. The van der Waals surface area contributed by atoms with Gasteiger partial charge < -0.3 is 14.7 Å². The third-order valence-corrected chi connectivity index (χ3v) is 3.65. The Morgan fingerprint density at radius 3 is 2.62 bits per heavy atom. The molecule has 0 atom stereocenters. The molecule has 1 aliphatic heterocycles. The molecule has 1 saturated heterocycles. The second-order valence-corrected chi connectivity index (χ2v) is 5.23. The molecule has 0 spiro atoms. The van der Waals surface area contributed by atoms with E-state index in [2.05, 4.69) is 0 Å². The number of carboxylic acids is 1. The van der Waals surface area contributed by atoms with E-state index in [0.29, 0.717) is 25.9 Å². The lowest BCUT2D eigenvalue weighted by Crippen LogP contribution is -2.41. The Kier molecular flexibility index (Phi) is 5.14. The fourth-order valence-corrected chi connectivity index (χ4v) is 2.50. The Labute approximate surface area is 126 Å². The van der Waals surface area contributed by atoms with Gasteiger partial charge in [0.2, 0.25) is 0 Å². The van der Waals surface area contributed by atoms with Gasteiger partial charge in [-0.1, -0.05) is 11.6 Å². The standard InChI is InChI=1S/C14H15ClFNO4/c15-12-7-9(16)1-2-11(12)14(20)17-5-3-10(4-6-17)21-8-13(18)19/h1-2,7,10H,3-6,8H2,(H,18,19). The van der Waals surface area contributed by atoms with E-state index in [1.807, 2.05) is 0 Å². The molecule has 7 heteroatoms. The normalized spacial score (nSPS) is 16.0.